The molecule has 0 saturated heterocycles. The zero-order valence-corrected chi connectivity index (χ0v) is 18.4. The van der Waals surface area contributed by atoms with E-state index in [0.717, 1.165) is 34.1 Å². The number of benzene rings is 2. The van der Waals surface area contributed by atoms with Gasteiger partial charge in [0.1, 0.15) is 28.8 Å². The van der Waals surface area contributed by atoms with Crippen molar-refractivity contribution in [2.24, 2.45) is 0 Å². The van der Waals surface area contributed by atoms with E-state index in [-0.39, 0.29) is 16.5 Å². The standard InChI is InChI=1S/C23H13F3N6O2S/c24-23(25,26)15-6-7-17-13(9-15)5-8-20(34)31(17)11-19(33)28-22-21(14(10-27)12-35-22)32-18-4-2-1-3-16(18)29-30-32/h1-9,12H,11H2,(H,28,33). The van der Waals surface area contributed by atoms with Gasteiger partial charge in [0.25, 0.3) is 5.56 Å². The van der Waals surface area contributed by atoms with Crippen LogP contribution in [0.5, 0.6) is 0 Å². The minimum Gasteiger partial charge on any atom is -0.314 e. The molecule has 0 aliphatic carbocycles. The number of hydrogen-bond donors (Lipinski definition) is 1. The van der Waals surface area contributed by atoms with Gasteiger partial charge < -0.3 is 5.32 Å². The van der Waals surface area contributed by atoms with Gasteiger partial charge in [-0.05, 0) is 41.8 Å². The maximum absolute atomic E-state index is 13.1. The molecule has 3 aromatic heterocycles. The number of carbonyl (C=O) groups is 1. The molecule has 35 heavy (non-hydrogen) atoms. The number of para-hydroxylation sites is 1. The van der Waals surface area contributed by atoms with Gasteiger partial charge >= 0.3 is 6.18 Å². The summed E-state index contributed by atoms with van der Waals surface area (Å²) in [5, 5.41) is 22.5. The highest BCUT2D eigenvalue weighted by molar-refractivity contribution is 7.15. The molecule has 1 N–H and O–H groups in total. The first-order chi connectivity index (χ1) is 16.8. The molecular weight excluding hydrogens is 481 g/mol. The second kappa shape index (κ2) is 8.37. The Balaban J connectivity index is 1.49. The van der Waals surface area contributed by atoms with Gasteiger partial charge in [-0.2, -0.15) is 18.4 Å². The van der Waals surface area contributed by atoms with Crippen LogP contribution < -0.4 is 10.9 Å². The molecule has 8 nitrogen and oxygen atoms in total. The summed E-state index contributed by atoms with van der Waals surface area (Å²) in [4.78, 5) is 25.4. The Labute approximate surface area is 198 Å². The van der Waals surface area contributed by atoms with Gasteiger partial charge in [0.05, 0.1) is 22.2 Å². The molecule has 0 radical (unpaired) electrons. The summed E-state index contributed by atoms with van der Waals surface area (Å²) < 4.78 is 41.7. The lowest BCUT2D eigenvalue weighted by atomic mass is 10.1. The summed E-state index contributed by atoms with van der Waals surface area (Å²) in [6.45, 7) is -0.446. The van der Waals surface area contributed by atoms with Crippen molar-refractivity contribution < 1.29 is 18.0 Å². The lowest BCUT2D eigenvalue weighted by molar-refractivity contribution is -0.137. The number of nitrogens with zero attached hydrogens (tertiary/aromatic N) is 5. The van der Waals surface area contributed by atoms with E-state index < -0.39 is 29.8 Å². The Morgan fingerprint density at radius 1 is 1.11 bits per heavy atom. The molecular formula is C23H13F3N6O2S. The van der Waals surface area contributed by atoms with Crippen LogP contribution in [-0.4, -0.2) is 25.5 Å². The van der Waals surface area contributed by atoms with Crippen molar-refractivity contribution in [1.82, 2.24) is 19.6 Å². The largest absolute Gasteiger partial charge is 0.416 e. The summed E-state index contributed by atoms with van der Waals surface area (Å²) >= 11 is 1.10. The van der Waals surface area contributed by atoms with E-state index in [1.54, 1.807) is 29.6 Å². The van der Waals surface area contributed by atoms with Crippen molar-refractivity contribution in [3.63, 3.8) is 0 Å². The number of halogens is 3. The average Bonchev–Trinajstić information content (AvgIpc) is 3.43. The fourth-order valence-electron chi connectivity index (χ4n) is 3.72. The zero-order chi connectivity index (χ0) is 24.7. The first-order valence-corrected chi connectivity index (χ1v) is 11.0. The van der Waals surface area contributed by atoms with E-state index in [2.05, 4.69) is 21.7 Å². The number of amides is 1. The molecule has 0 unspecified atom stereocenters. The van der Waals surface area contributed by atoms with E-state index in [1.165, 1.54) is 16.8 Å². The Bertz CT molecular complexity index is 1710. The van der Waals surface area contributed by atoms with Crippen molar-refractivity contribution in [2.75, 3.05) is 5.32 Å². The van der Waals surface area contributed by atoms with Crippen molar-refractivity contribution >= 4 is 44.2 Å². The third kappa shape index (κ3) is 4.02. The van der Waals surface area contributed by atoms with E-state index >= 15 is 0 Å². The van der Waals surface area contributed by atoms with Crippen molar-refractivity contribution in [2.45, 2.75) is 12.7 Å². The smallest absolute Gasteiger partial charge is 0.314 e. The first-order valence-electron chi connectivity index (χ1n) is 10.1. The van der Waals surface area contributed by atoms with Gasteiger partial charge in [0, 0.05) is 11.4 Å². The van der Waals surface area contributed by atoms with Crippen LogP contribution in [0.1, 0.15) is 11.1 Å². The Hall–Kier alpha value is -4.50. The lowest BCUT2D eigenvalue weighted by Gasteiger charge is -2.13. The van der Waals surface area contributed by atoms with Crippen molar-refractivity contribution in [3.8, 4) is 11.8 Å². The topological polar surface area (TPSA) is 106 Å². The van der Waals surface area contributed by atoms with Gasteiger partial charge in [0.15, 0.2) is 0 Å². The second-order valence-electron chi connectivity index (χ2n) is 7.51. The molecule has 2 aromatic carbocycles. The van der Waals surface area contributed by atoms with E-state index in [1.807, 2.05) is 0 Å². The fourth-order valence-corrected chi connectivity index (χ4v) is 4.60. The highest BCUT2D eigenvalue weighted by Gasteiger charge is 2.30. The average molecular weight is 494 g/mol. The number of rotatable bonds is 4. The predicted molar refractivity (Wildman–Crippen MR) is 123 cm³/mol. The summed E-state index contributed by atoms with van der Waals surface area (Å²) in [5.41, 5.74) is 0.615. The summed E-state index contributed by atoms with van der Waals surface area (Å²) in [6, 6.07) is 14.5. The second-order valence-corrected chi connectivity index (χ2v) is 8.39. The predicted octanol–water partition coefficient (Wildman–Crippen LogP) is 4.33. The normalized spacial score (nSPS) is 11.6. The molecule has 3 heterocycles. The van der Waals surface area contributed by atoms with Crippen LogP contribution in [0.4, 0.5) is 18.2 Å². The fraction of sp³-hybridized carbons (Fsp3) is 0.0870. The summed E-state index contributed by atoms with van der Waals surface area (Å²) in [5.74, 6) is -0.600. The lowest BCUT2D eigenvalue weighted by Crippen LogP contribution is -2.27. The number of anilines is 1. The highest BCUT2D eigenvalue weighted by Crippen LogP contribution is 2.33. The van der Waals surface area contributed by atoms with Gasteiger partial charge in [0.2, 0.25) is 5.91 Å². The third-order valence-corrected chi connectivity index (χ3v) is 6.21. The van der Waals surface area contributed by atoms with Crippen LogP contribution >= 0.6 is 11.3 Å². The van der Waals surface area contributed by atoms with E-state index in [0.29, 0.717) is 21.7 Å². The molecule has 0 fully saturated rings. The molecule has 0 aliphatic heterocycles. The maximum atomic E-state index is 13.1. The number of aromatic nitrogens is 4. The van der Waals surface area contributed by atoms with Crippen molar-refractivity contribution in [1.29, 1.82) is 5.26 Å². The number of alkyl halides is 3. The molecule has 0 spiro atoms. The van der Waals surface area contributed by atoms with Gasteiger partial charge in [-0.25, -0.2) is 4.68 Å². The number of nitriles is 1. The molecule has 5 rings (SSSR count). The van der Waals surface area contributed by atoms with E-state index in [4.69, 9.17) is 0 Å². The monoisotopic (exact) mass is 494 g/mol. The summed E-state index contributed by atoms with van der Waals surface area (Å²) in [7, 11) is 0. The molecule has 12 heteroatoms. The Morgan fingerprint density at radius 2 is 1.91 bits per heavy atom. The van der Waals surface area contributed by atoms with Crippen LogP contribution in [0, 0.1) is 11.3 Å². The summed E-state index contributed by atoms with van der Waals surface area (Å²) in [6.07, 6.45) is -4.54. The number of carbonyl (C=O) groups excluding carboxylic acids is 1. The molecule has 174 valence electrons. The molecule has 0 saturated carbocycles. The SMILES string of the molecule is N#Cc1csc(NC(=O)Cn2c(=O)ccc3cc(C(F)(F)F)ccc32)c1-n1nnc2ccccc21. The quantitative estimate of drug-likeness (QED) is 0.401. The maximum Gasteiger partial charge on any atom is 0.416 e. The third-order valence-electron chi connectivity index (χ3n) is 5.32. The molecule has 0 bridgehead atoms. The molecule has 1 amide bonds. The van der Waals surface area contributed by atoms with Crippen molar-refractivity contribution in [3.05, 3.63) is 81.5 Å². The van der Waals surface area contributed by atoms with Gasteiger partial charge in [-0.3, -0.25) is 14.2 Å². The van der Waals surface area contributed by atoms with Gasteiger partial charge in [-0.1, -0.05) is 17.3 Å². The number of thiophene rings is 1. The molecule has 0 aliphatic rings. The van der Waals surface area contributed by atoms with Crippen LogP contribution in [-0.2, 0) is 17.5 Å². The zero-order valence-electron chi connectivity index (χ0n) is 17.6. The Kier molecular flexibility index (Phi) is 5.33. The minimum atomic E-state index is -4.54. The molecule has 0 atom stereocenters. The van der Waals surface area contributed by atoms with E-state index in [9.17, 15) is 28.0 Å². The number of hydrogen-bond acceptors (Lipinski definition) is 6. The van der Waals surface area contributed by atoms with Crippen LogP contribution in [0.2, 0.25) is 0 Å². The van der Waals surface area contributed by atoms with Crippen LogP contribution in [0.3, 0.4) is 0 Å². The van der Waals surface area contributed by atoms with Crippen LogP contribution in [0.25, 0.3) is 27.6 Å². The van der Waals surface area contributed by atoms with Gasteiger partial charge in [-0.15, -0.1) is 16.4 Å². The number of fused-ring (bicyclic) bond motifs is 2. The number of nitrogens with one attached hydrogen (secondary N) is 1. The Morgan fingerprint density at radius 3 is 2.69 bits per heavy atom. The number of pyridine rings is 1. The first kappa shape index (κ1) is 22.3. The van der Waals surface area contributed by atoms with Crippen LogP contribution in [0.15, 0.2) is 64.8 Å². The molecule has 5 aromatic rings. The highest BCUT2D eigenvalue weighted by atomic mass is 32.1. The minimum absolute atomic E-state index is 0.171.